The van der Waals surface area contributed by atoms with Crippen LogP contribution in [-0.4, -0.2) is 41.5 Å². The molecule has 1 aliphatic heterocycles. The number of H-pyrrole nitrogens is 1. The van der Waals surface area contributed by atoms with Crippen LogP contribution < -0.4 is 15.8 Å². The van der Waals surface area contributed by atoms with E-state index in [1.54, 1.807) is 0 Å². The number of rotatable bonds is 3. The number of hydrogen-bond donors (Lipinski definition) is 2. The Morgan fingerprint density at radius 1 is 1.50 bits per heavy atom. The van der Waals surface area contributed by atoms with Crippen LogP contribution in [0.2, 0.25) is 5.02 Å². The van der Waals surface area contributed by atoms with E-state index >= 15 is 0 Å². The normalized spacial score (nSPS) is 25.7. The average Bonchev–Trinajstić information content (AvgIpc) is 3.08. The Morgan fingerprint density at radius 3 is 3.00 bits per heavy atom. The summed E-state index contributed by atoms with van der Waals surface area (Å²) in [5.74, 6) is 0. The van der Waals surface area contributed by atoms with Gasteiger partial charge in [-0.1, -0.05) is 25.4 Å². The molecule has 2 aliphatic rings. The molecule has 0 aromatic carbocycles. The van der Waals surface area contributed by atoms with Crippen molar-refractivity contribution in [2.45, 2.75) is 51.7 Å². The number of nitrogens with zero attached hydrogens (tertiary/aromatic N) is 2. The van der Waals surface area contributed by atoms with Crippen molar-refractivity contribution in [3.63, 3.8) is 0 Å². The lowest BCUT2D eigenvalue weighted by Crippen LogP contribution is -2.37. The molecular weight excluding hydrogens is 332 g/mol. The Hall–Kier alpha value is -1.76. The summed E-state index contributed by atoms with van der Waals surface area (Å²) in [6.07, 6.45) is 4.73. The van der Waals surface area contributed by atoms with Gasteiger partial charge in [-0.15, -0.1) is 0 Å². The lowest BCUT2D eigenvalue weighted by atomic mass is 9.92. The fourth-order valence-electron chi connectivity index (χ4n) is 3.55. The number of carbonyl (C=O) groups excluding carboxylic acids is 1. The number of ether oxygens (including phenoxy) is 1. The van der Waals surface area contributed by atoms with Crippen molar-refractivity contribution < 1.29 is 9.53 Å². The van der Waals surface area contributed by atoms with Crippen LogP contribution in [0, 0.1) is 5.41 Å². The molecule has 2 heterocycles. The van der Waals surface area contributed by atoms with E-state index < -0.39 is 5.56 Å². The second-order valence-electron chi connectivity index (χ2n) is 7.41. The maximum atomic E-state index is 12.1. The lowest BCUT2D eigenvalue weighted by molar-refractivity contribution is 0.104. The Labute approximate surface area is 145 Å². The molecule has 8 heteroatoms. The Kier molecular flexibility index (Phi) is 4.71. The van der Waals surface area contributed by atoms with Gasteiger partial charge in [0.25, 0.3) is 5.56 Å². The molecule has 132 valence electrons. The van der Waals surface area contributed by atoms with Crippen molar-refractivity contribution in [1.82, 2.24) is 15.5 Å². The largest absolute Gasteiger partial charge is 0.444 e. The van der Waals surface area contributed by atoms with Crippen molar-refractivity contribution in [2.24, 2.45) is 5.41 Å². The average molecular weight is 355 g/mol. The van der Waals surface area contributed by atoms with E-state index in [0.717, 1.165) is 19.3 Å². The molecule has 24 heavy (non-hydrogen) atoms. The number of hydrogen-bond acceptors (Lipinski definition) is 5. The molecule has 0 radical (unpaired) electrons. The lowest BCUT2D eigenvalue weighted by Gasteiger charge is -2.20. The number of carbonyl (C=O) groups is 1. The van der Waals surface area contributed by atoms with E-state index in [-0.39, 0.29) is 28.7 Å². The third kappa shape index (κ3) is 3.83. The van der Waals surface area contributed by atoms with Crippen LogP contribution in [0.1, 0.15) is 39.5 Å². The molecule has 1 amide bonds. The maximum absolute atomic E-state index is 12.1. The third-order valence-electron chi connectivity index (χ3n) is 4.83. The van der Waals surface area contributed by atoms with Gasteiger partial charge >= 0.3 is 6.09 Å². The molecule has 2 N–H and O–H groups in total. The zero-order chi connectivity index (χ0) is 17.3. The number of nitrogens with one attached hydrogen (secondary N) is 2. The summed E-state index contributed by atoms with van der Waals surface area (Å²) in [6.45, 7) is 5.61. The first kappa shape index (κ1) is 17.1. The number of amides is 1. The van der Waals surface area contributed by atoms with Crippen molar-refractivity contribution in [3.8, 4) is 0 Å². The Morgan fingerprint density at radius 2 is 2.29 bits per heavy atom. The molecule has 2 atom stereocenters. The minimum absolute atomic E-state index is 0.114. The van der Waals surface area contributed by atoms with Gasteiger partial charge in [0, 0.05) is 19.0 Å². The first-order valence-electron chi connectivity index (χ1n) is 8.29. The number of aromatic amines is 1. The number of anilines is 1. The molecule has 3 rings (SSSR count). The van der Waals surface area contributed by atoms with Crippen molar-refractivity contribution >= 4 is 23.4 Å². The zero-order valence-corrected chi connectivity index (χ0v) is 14.7. The minimum Gasteiger partial charge on any atom is -0.444 e. The monoisotopic (exact) mass is 354 g/mol. The van der Waals surface area contributed by atoms with Gasteiger partial charge in [0.1, 0.15) is 11.1 Å². The Balaban J connectivity index is 1.52. The second kappa shape index (κ2) is 6.63. The van der Waals surface area contributed by atoms with Crippen LogP contribution in [0.4, 0.5) is 10.5 Å². The molecule has 1 saturated heterocycles. The van der Waals surface area contributed by atoms with Gasteiger partial charge in [-0.05, 0) is 24.7 Å². The van der Waals surface area contributed by atoms with Gasteiger partial charge in [-0.25, -0.2) is 9.89 Å². The molecule has 0 bridgehead atoms. The first-order chi connectivity index (χ1) is 11.3. The molecule has 1 saturated carbocycles. The summed E-state index contributed by atoms with van der Waals surface area (Å²) in [4.78, 5) is 25.5. The maximum Gasteiger partial charge on any atom is 0.407 e. The second-order valence-corrected chi connectivity index (χ2v) is 7.79. The summed E-state index contributed by atoms with van der Waals surface area (Å²) >= 11 is 6.02. The molecule has 1 aliphatic carbocycles. The summed E-state index contributed by atoms with van der Waals surface area (Å²) in [5.41, 5.74) is 0.441. The number of alkyl carbamates (subject to hydrolysis) is 1. The van der Waals surface area contributed by atoms with Gasteiger partial charge in [-0.2, -0.15) is 5.10 Å². The summed E-state index contributed by atoms with van der Waals surface area (Å²) in [6, 6.07) is 0.191. The molecule has 7 nitrogen and oxygen atoms in total. The summed E-state index contributed by atoms with van der Waals surface area (Å²) in [7, 11) is 0. The molecular formula is C16H23ClN4O3. The van der Waals surface area contributed by atoms with E-state index in [0.29, 0.717) is 25.2 Å². The van der Waals surface area contributed by atoms with Crippen LogP contribution in [0.25, 0.3) is 0 Å². The molecule has 1 unspecified atom stereocenters. The van der Waals surface area contributed by atoms with Crippen LogP contribution >= 0.6 is 11.6 Å². The zero-order valence-electron chi connectivity index (χ0n) is 14.0. The summed E-state index contributed by atoms with van der Waals surface area (Å²) in [5, 5.41) is 9.15. The highest BCUT2D eigenvalue weighted by molar-refractivity contribution is 6.33. The predicted molar refractivity (Wildman–Crippen MR) is 91.5 cm³/mol. The van der Waals surface area contributed by atoms with E-state index in [1.807, 2.05) is 4.90 Å². The quantitative estimate of drug-likeness (QED) is 0.869. The van der Waals surface area contributed by atoms with E-state index in [4.69, 9.17) is 16.3 Å². The molecule has 1 aromatic heterocycles. The third-order valence-corrected chi connectivity index (χ3v) is 5.19. The highest BCUT2D eigenvalue weighted by Crippen LogP contribution is 2.37. The van der Waals surface area contributed by atoms with Gasteiger partial charge in [0.15, 0.2) is 0 Å². The van der Waals surface area contributed by atoms with E-state index in [1.165, 1.54) is 6.20 Å². The van der Waals surface area contributed by atoms with Gasteiger partial charge in [0.05, 0.1) is 18.4 Å². The van der Waals surface area contributed by atoms with Crippen LogP contribution in [0.3, 0.4) is 0 Å². The SMILES string of the molecule is CC1(C)CCC(NC(=O)O[C@@H]2CCN(c3cn[nH]c(=O)c3Cl)C2)C1. The van der Waals surface area contributed by atoms with Crippen molar-refractivity contribution in [1.29, 1.82) is 0 Å². The predicted octanol–water partition coefficient (Wildman–Crippen LogP) is 2.31. The first-order valence-corrected chi connectivity index (χ1v) is 8.67. The van der Waals surface area contributed by atoms with Crippen LogP contribution in [-0.2, 0) is 4.74 Å². The number of halogens is 1. The van der Waals surface area contributed by atoms with Crippen LogP contribution in [0.5, 0.6) is 0 Å². The fraction of sp³-hybridized carbons (Fsp3) is 0.688. The number of aromatic nitrogens is 2. The van der Waals surface area contributed by atoms with E-state index in [9.17, 15) is 9.59 Å². The molecule has 2 fully saturated rings. The standard InChI is InChI=1S/C16H23ClN4O3/c1-16(2)5-3-10(7-16)19-15(23)24-11-4-6-21(9-11)12-8-18-20-14(22)13(12)17/h8,10-11H,3-7,9H2,1-2H3,(H,19,23)(H,20,22)/t10?,11-/m1/s1. The van der Waals surface area contributed by atoms with Crippen molar-refractivity contribution in [3.05, 3.63) is 21.6 Å². The van der Waals surface area contributed by atoms with E-state index in [2.05, 4.69) is 29.4 Å². The molecule has 0 spiro atoms. The summed E-state index contributed by atoms with van der Waals surface area (Å²) < 4.78 is 5.52. The topological polar surface area (TPSA) is 87.3 Å². The highest BCUT2D eigenvalue weighted by atomic mass is 35.5. The minimum atomic E-state index is -0.417. The van der Waals surface area contributed by atoms with Gasteiger partial charge in [0.2, 0.25) is 0 Å². The van der Waals surface area contributed by atoms with Gasteiger partial charge in [-0.3, -0.25) is 4.79 Å². The van der Waals surface area contributed by atoms with Crippen molar-refractivity contribution in [2.75, 3.05) is 18.0 Å². The smallest absolute Gasteiger partial charge is 0.407 e. The van der Waals surface area contributed by atoms with Crippen LogP contribution in [0.15, 0.2) is 11.0 Å². The molecule has 1 aromatic rings. The van der Waals surface area contributed by atoms with Gasteiger partial charge < -0.3 is 15.0 Å². The fourth-order valence-corrected chi connectivity index (χ4v) is 3.76. The Bertz CT molecular complexity index is 676. The highest BCUT2D eigenvalue weighted by Gasteiger charge is 2.33.